The van der Waals surface area contributed by atoms with E-state index in [0.29, 0.717) is 39.0 Å². The number of hydrogen-bond acceptors (Lipinski definition) is 3. The minimum atomic E-state index is -0.443. The first-order valence-electron chi connectivity index (χ1n) is 7.49. The molecule has 0 aliphatic carbocycles. The molecule has 0 saturated carbocycles. The average molecular weight is 320 g/mol. The molecule has 22 heavy (non-hydrogen) atoms. The van der Waals surface area contributed by atoms with Crippen LogP contribution in [0.4, 0.5) is 9.59 Å². The molecular formula is C16H20N2O3S. The monoisotopic (exact) mass is 320 g/mol. The van der Waals surface area contributed by atoms with Gasteiger partial charge in [-0.25, -0.2) is 4.79 Å². The maximum Gasteiger partial charge on any atom is 0.410 e. The van der Waals surface area contributed by atoms with Crippen molar-refractivity contribution in [2.24, 2.45) is 0 Å². The molecule has 2 fully saturated rings. The molecule has 1 spiro atoms. The van der Waals surface area contributed by atoms with Gasteiger partial charge < -0.3 is 9.64 Å². The van der Waals surface area contributed by atoms with Crippen molar-refractivity contribution in [1.29, 1.82) is 0 Å². The first-order valence-corrected chi connectivity index (χ1v) is 7.94. The van der Waals surface area contributed by atoms with E-state index in [9.17, 15) is 9.59 Å². The van der Waals surface area contributed by atoms with Crippen molar-refractivity contribution in [2.45, 2.75) is 31.9 Å². The zero-order chi connectivity index (χ0) is 15.7. The van der Waals surface area contributed by atoms with E-state index in [4.69, 9.17) is 4.74 Å². The third kappa shape index (κ3) is 3.06. The average Bonchev–Trinajstić information content (AvgIpc) is 2.77. The largest absolute Gasteiger partial charge is 0.441 e. The molecule has 0 N–H and O–H groups in total. The van der Waals surface area contributed by atoms with E-state index >= 15 is 0 Å². The van der Waals surface area contributed by atoms with E-state index < -0.39 is 5.60 Å². The first kappa shape index (κ1) is 15.2. The van der Waals surface area contributed by atoms with Crippen molar-refractivity contribution >= 4 is 24.0 Å². The van der Waals surface area contributed by atoms with E-state index in [0.717, 1.165) is 5.56 Å². The van der Waals surface area contributed by atoms with Crippen LogP contribution < -0.4 is 0 Å². The number of carbonyl (C=O) groups is 2. The van der Waals surface area contributed by atoms with Crippen LogP contribution in [0.3, 0.4) is 0 Å². The van der Waals surface area contributed by atoms with Gasteiger partial charge in [-0.15, -0.1) is 0 Å². The molecule has 2 amide bonds. The van der Waals surface area contributed by atoms with E-state index in [-0.39, 0.29) is 11.3 Å². The Bertz CT molecular complexity index is 580. The lowest BCUT2D eigenvalue weighted by Crippen LogP contribution is -2.47. The van der Waals surface area contributed by atoms with Gasteiger partial charge in [-0.3, -0.25) is 9.69 Å². The Morgan fingerprint density at radius 2 is 1.91 bits per heavy atom. The van der Waals surface area contributed by atoms with Crippen molar-refractivity contribution in [1.82, 2.24) is 9.80 Å². The Morgan fingerprint density at radius 3 is 2.50 bits per heavy atom. The molecule has 0 atom stereocenters. The fourth-order valence-electron chi connectivity index (χ4n) is 3.09. The van der Waals surface area contributed by atoms with Crippen LogP contribution in [0, 0.1) is 6.92 Å². The van der Waals surface area contributed by atoms with Crippen molar-refractivity contribution in [2.75, 3.05) is 19.6 Å². The highest BCUT2D eigenvalue weighted by Crippen LogP contribution is 2.34. The number of rotatable bonds is 2. The summed E-state index contributed by atoms with van der Waals surface area (Å²) < 4.78 is 5.65. The summed E-state index contributed by atoms with van der Waals surface area (Å²) in [7, 11) is 0. The molecule has 1 aromatic carbocycles. The molecule has 2 aliphatic rings. The lowest BCUT2D eigenvalue weighted by Gasteiger charge is -2.36. The van der Waals surface area contributed by atoms with Crippen molar-refractivity contribution in [3.8, 4) is 0 Å². The summed E-state index contributed by atoms with van der Waals surface area (Å²) in [5, 5.41) is -0.212. The Morgan fingerprint density at radius 1 is 1.27 bits per heavy atom. The Balaban J connectivity index is 1.63. The lowest BCUT2D eigenvalue weighted by molar-refractivity contribution is 0.0120. The summed E-state index contributed by atoms with van der Waals surface area (Å²) in [5.41, 5.74) is 1.86. The van der Waals surface area contributed by atoms with Crippen LogP contribution in [0.5, 0.6) is 0 Å². The van der Waals surface area contributed by atoms with Crippen LogP contribution >= 0.6 is 12.6 Å². The number of aryl methyl sites for hydroxylation is 1. The molecule has 0 radical (unpaired) electrons. The minimum Gasteiger partial charge on any atom is -0.441 e. The predicted octanol–water partition coefficient (Wildman–Crippen LogP) is 2.83. The smallest absolute Gasteiger partial charge is 0.410 e. The molecular weight excluding hydrogens is 300 g/mol. The second-order valence-corrected chi connectivity index (χ2v) is 6.54. The zero-order valence-corrected chi connectivity index (χ0v) is 13.5. The molecule has 0 aromatic heterocycles. The molecule has 2 aliphatic heterocycles. The Kier molecular flexibility index (Phi) is 4.04. The van der Waals surface area contributed by atoms with Gasteiger partial charge in [0.2, 0.25) is 0 Å². The number of benzene rings is 1. The van der Waals surface area contributed by atoms with Gasteiger partial charge in [-0.05, 0) is 12.5 Å². The second-order valence-electron chi connectivity index (χ2n) is 6.16. The van der Waals surface area contributed by atoms with Gasteiger partial charge in [0.05, 0.1) is 6.54 Å². The van der Waals surface area contributed by atoms with Crippen molar-refractivity contribution in [3.05, 3.63) is 35.4 Å². The fourth-order valence-corrected chi connectivity index (χ4v) is 3.29. The van der Waals surface area contributed by atoms with Crippen LogP contribution in [0.15, 0.2) is 24.3 Å². The van der Waals surface area contributed by atoms with Crippen LogP contribution in [0.2, 0.25) is 0 Å². The quantitative estimate of drug-likeness (QED) is 0.853. The molecule has 2 saturated heterocycles. The molecule has 1 aromatic rings. The molecule has 2 heterocycles. The molecule has 0 unspecified atom stereocenters. The highest BCUT2D eigenvalue weighted by Gasteiger charge is 2.47. The summed E-state index contributed by atoms with van der Waals surface area (Å²) >= 11 is 3.85. The number of carbonyl (C=O) groups excluding carboxylic acids is 2. The van der Waals surface area contributed by atoms with Gasteiger partial charge in [0.15, 0.2) is 0 Å². The van der Waals surface area contributed by atoms with Gasteiger partial charge >= 0.3 is 6.09 Å². The summed E-state index contributed by atoms with van der Waals surface area (Å²) in [5.74, 6) is 0. The molecule has 0 bridgehead atoms. The van der Waals surface area contributed by atoms with Gasteiger partial charge in [-0.1, -0.05) is 42.5 Å². The lowest BCUT2D eigenvalue weighted by atomic mass is 9.91. The summed E-state index contributed by atoms with van der Waals surface area (Å²) in [4.78, 5) is 26.9. The van der Waals surface area contributed by atoms with Crippen LogP contribution in [0.1, 0.15) is 24.0 Å². The molecule has 118 valence electrons. The predicted molar refractivity (Wildman–Crippen MR) is 86.0 cm³/mol. The fraction of sp³-hybridized carbons (Fsp3) is 0.500. The number of amides is 2. The highest BCUT2D eigenvalue weighted by atomic mass is 32.1. The highest BCUT2D eigenvalue weighted by molar-refractivity contribution is 7.96. The van der Waals surface area contributed by atoms with Crippen LogP contribution in [-0.4, -0.2) is 46.4 Å². The van der Waals surface area contributed by atoms with Crippen molar-refractivity contribution < 1.29 is 14.3 Å². The summed E-state index contributed by atoms with van der Waals surface area (Å²) in [6.45, 7) is 4.38. The van der Waals surface area contributed by atoms with Gasteiger partial charge in [0.25, 0.3) is 5.24 Å². The van der Waals surface area contributed by atoms with Crippen molar-refractivity contribution in [3.63, 3.8) is 0 Å². The number of ether oxygens (including phenoxy) is 1. The van der Waals surface area contributed by atoms with Gasteiger partial charge in [-0.2, -0.15) is 0 Å². The van der Waals surface area contributed by atoms with E-state index in [1.54, 1.807) is 9.80 Å². The third-order valence-corrected chi connectivity index (χ3v) is 4.76. The third-order valence-electron chi connectivity index (χ3n) is 4.48. The Labute approximate surface area is 135 Å². The molecule has 3 rings (SSSR count). The number of likely N-dealkylation sites (tertiary alicyclic amines) is 1. The zero-order valence-electron chi connectivity index (χ0n) is 12.6. The maximum atomic E-state index is 12.1. The SMILES string of the molecule is Cc1ccc(CN2CC3(CCN(C(=O)S)CC3)OC2=O)cc1. The Hall–Kier alpha value is -1.69. The van der Waals surface area contributed by atoms with E-state index in [2.05, 4.69) is 12.6 Å². The second kappa shape index (κ2) is 5.83. The molecule has 6 heteroatoms. The number of thiol groups is 1. The maximum absolute atomic E-state index is 12.1. The molecule has 5 nitrogen and oxygen atoms in total. The normalized spacial score (nSPS) is 20.4. The number of piperidine rings is 1. The first-order chi connectivity index (χ1) is 10.5. The van der Waals surface area contributed by atoms with Gasteiger partial charge in [0.1, 0.15) is 5.60 Å². The topological polar surface area (TPSA) is 49.9 Å². The standard InChI is InChI=1S/C16H20N2O3S/c1-12-2-4-13(5-3-12)10-18-11-16(21-14(18)19)6-8-17(9-7-16)15(20)22/h2-5H,6-11H2,1H3,(H,20,22). The van der Waals surface area contributed by atoms with Crippen LogP contribution in [-0.2, 0) is 11.3 Å². The van der Waals surface area contributed by atoms with E-state index in [1.807, 2.05) is 31.2 Å². The number of hydrogen-bond donors (Lipinski definition) is 1. The summed E-state index contributed by atoms with van der Waals surface area (Å²) in [6.07, 6.45) is 1.09. The minimum absolute atomic E-state index is 0.212. The van der Waals surface area contributed by atoms with E-state index in [1.165, 1.54) is 5.56 Å². The number of nitrogens with zero attached hydrogens (tertiary/aromatic N) is 2. The summed E-state index contributed by atoms with van der Waals surface area (Å²) in [6, 6.07) is 8.16. The van der Waals surface area contributed by atoms with Gasteiger partial charge in [0, 0.05) is 32.5 Å². The van der Waals surface area contributed by atoms with Crippen LogP contribution in [0.25, 0.3) is 0 Å².